The Morgan fingerprint density at radius 3 is 2.80 bits per heavy atom. The Balaban J connectivity index is 1.58. The number of nitrogens with zero attached hydrogens (tertiary/aromatic N) is 3. The average molecular weight is 276 g/mol. The van der Waals surface area contributed by atoms with Crippen molar-refractivity contribution in [3.63, 3.8) is 0 Å². The molecule has 1 N–H and O–H groups in total. The van der Waals surface area contributed by atoms with Crippen molar-refractivity contribution in [2.75, 3.05) is 19.6 Å². The minimum absolute atomic E-state index is 0.707. The molecule has 1 aromatic rings. The minimum Gasteiger partial charge on any atom is -0.311 e. The van der Waals surface area contributed by atoms with Crippen molar-refractivity contribution < 1.29 is 0 Å². The van der Waals surface area contributed by atoms with Gasteiger partial charge in [0, 0.05) is 39.3 Å². The van der Waals surface area contributed by atoms with Crippen molar-refractivity contribution in [1.29, 1.82) is 0 Å². The molecule has 4 nitrogen and oxygen atoms in total. The van der Waals surface area contributed by atoms with E-state index in [1.807, 2.05) is 4.68 Å². The van der Waals surface area contributed by atoms with Gasteiger partial charge in [0.2, 0.25) is 0 Å². The van der Waals surface area contributed by atoms with Crippen LogP contribution in [0.5, 0.6) is 0 Å². The maximum absolute atomic E-state index is 4.46. The number of hydrogen-bond donors (Lipinski definition) is 1. The lowest BCUT2D eigenvalue weighted by atomic mass is 9.83. The van der Waals surface area contributed by atoms with Gasteiger partial charge in [0.1, 0.15) is 0 Å². The first-order valence-corrected chi connectivity index (χ1v) is 8.17. The van der Waals surface area contributed by atoms with Crippen LogP contribution in [0.25, 0.3) is 0 Å². The van der Waals surface area contributed by atoms with E-state index < -0.39 is 0 Å². The predicted molar refractivity (Wildman–Crippen MR) is 81.6 cm³/mol. The molecule has 1 unspecified atom stereocenters. The van der Waals surface area contributed by atoms with Gasteiger partial charge in [-0.2, -0.15) is 5.10 Å². The molecule has 20 heavy (non-hydrogen) atoms. The molecule has 1 saturated heterocycles. The molecule has 3 rings (SSSR count). The van der Waals surface area contributed by atoms with Crippen LogP contribution in [-0.4, -0.2) is 40.4 Å². The Morgan fingerprint density at radius 2 is 2.10 bits per heavy atom. The number of piperazine rings is 1. The molecule has 1 aliphatic carbocycles. The molecule has 2 fully saturated rings. The summed E-state index contributed by atoms with van der Waals surface area (Å²) in [6, 6.07) is 2.93. The first-order valence-electron chi connectivity index (χ1n) is 8.17. The molecule has 0 aromatic carbocycles. The van der Waals surface area contributed by atoms with E-state index >= 15 is 0 Å². The van der Waals surface area contributed by atoms with Crippen molar-refractivity contribution in [3.05, 3.63) is 17.5 Å². The van der Waals surface area contributed by atoms with Gasteiger partial charge in [0.25, 0.3) is 0 Å². The van der Waals surface area contributed by atoms with E-state index in [0.717, 1.165) is 31.2 Å². The normalized spacial score (nSPS) is 26.0. The summed E-state index contributed by atoms with van der Waals surface area (Å²) < 4.78 is 2.03. The molecule has 0 bridgehead atoms. The van der Waals surface area contributed by atoms with E-state index in [1.165, 1.54) is 44.3 Å². The van der Waals surface area contributed by atoms with Gasteiger partial charge in [-0.15, -0.1) is 0 Å². The molecule has 1 aromatic heterocycles. The molecule has 4 heteroatoms. The van der Waals surface area contributed by atoms with Gasteiger partial charge in [-0.25, -0.2) is 0 Å². The van der Waals surface area contributed by atoms with Crippen LogP contribution in [-0.2, 0) is 13.6 Å². The Hall–Kier alpha value is -0.870. The highest BCUT2D eigenvalue weighted by atomic mass is 15.3. The fourth-order valence-electron chi connectivity index (χ4n) is 3.88. The highest BCUT2D eigenvalue weighted by Crippen LogP contribution is 2.27. The third-order valence-electron chi connectivity index (χ3n) is 4.99. The molecule has 1 atom stereocenters. The molecule has 1 aliphatic heterocycles. The Labute approximate surface area is 122 Å². The topological polar surface area (TPSA) is 33.1 Å². The van der Waals surface area contributed by atoms with Crippen LogP contribution in [0, 0.1) is 12.8 Å². The van der Waals surface area contributed by atoms with Gasteiger partial charge < -0.3 is 5.32 Å². The van der Waals surface area contributed by atoms with E-state index in [0.29, 0.717) is 6.04 Å². The monoisotopic (exact) mass is 276 g/mol. The van der Waals surface area contributed by atoms with Crippen LogP contribution in [0.2, 0.25) is 0 Å². The number of nitrogens with one attached hydrogen (secondary N) is 1. The van der Waals surface area contributed by atoms with E-state index in [1.54, 1.807) is 0 Å². The summed E-state index contributed by atoms with van der Waals surface area (Å²) in [6.45, 7) is 6.62. The Bertz CT molecular complexity index is 434. The van der Waals surface area contributed by atoms with Crippen LogP contribution < -0.4 is 5.32 Å². The van der Waals surface area contributed by atoms with E-state index in [4.69, 9.17) is 0 Å². The smallest absolute Gasteiger partial charge is 0.0597 e. The third kappa shape index (κ3) is 3.23. The first-order chi connectivity index (χ1) is 9.72. The van der Waals surface area contributed by atoms with Gasteiger partial charge in [-0.05, 0) is 31.7 Å². The molecule has 0 amide bonds. The van der Waals surface area contributed by atoms with E-state index in [-0.39, 0.29) is 0 Å². The van der Waals surface area contributed by atoms with Crippen LogP contribution in [0.15, 0.2) is 6.07 Å². The molecule has 2 heterocycles. The van der Waals surface area contributed by atoms with Crippen LogP contribution >= 0.6 is 0 Å². The summed E-state index contributed by atoms with van der Waals surface area (Å²) in [6.07, 6.45) is 7.17. The van der Waals surface area contributed by atoms with Crippen molar-refractivity contribution in [2.24, 2.45) is 13.0 Å². The summed E-state index contributed by atoms with van der Waals surface area (Å²) in [5.41, 5.74) is 2.47. The minimum atomic E-state index is 0.707. The van der Waals surface area contributed by atoms with Gasteiger partial charge in [-0.1, -0.05) is 19.3 Å². The second kappa shape index (κ2) is 6.27. The van der Waals surface area contributed by atoms with Crippen molar-refractivity contribution in [2.45, 2.75) is 51.6 Å². The first kappa shape index (κ1) is 14.1. The number of rotatable bonds is 3. The summed E-state index contributed by atoms with van der Waals surface area (Å²) in [7, 11) is 2.06. The maximum Gasteiger partial charge on any atom is 0.0597 e. The summed E-state index contributed by atoms with van der Waals surface area (Å²) >= 11 is 0. The van der Waals surface area contributed by atoms with E-state index in [9.17, 15) is 0 Å². The Morgan fingerprint density at radius 1 is 1.30 bits per heavy atom. The molecule has 1 saturated carbocycles. The van der Waals surface area contributed by atoms with Crippen LogP contribution in [0.4, 0.5) is 0 Å². The molecule has 2 aliphatic rings. The molecular formula is C16H28N4. The highest BCUT2D eigenvalue weighted by Gasteiger charge is 2.28. The largest absolute Gasteiger partial charge is 0.311 e. The lowest BCUT2D eigenvalue weighted by Crippen LogP contribution is -2.53. The number of hydrogen-bond acceptors (Lipinski definition) is 3. The van der Waals surface area contributed by atoms with Crippen molar-refractivity contribution in [3.8, 4) is 0 Å². The SMILES string of the molecule is Cc1cc(CN2CCNC(C3CCCCC3)C2)n(C)n1. The zero-order valence-electron chi connectivity index (χ0n) is 12.9. The quantitative estimate of drug-likeness (QED) is 0.917. The third-order valence-corrected chi connectivity index (χ3v) is 4.99. The van der Waals surface area contributed by atoms with Gasteiger partial charge in [0.05, 0.1) is 11.4 Å². The maximum atomic E-state index is 4.46. The summed E-state index contributed by atoms with van der Waals surface area (Å²) in [5, 5.41) is 8.22. The summed E-state index contributed by atoms with van der Waals surface area (Å²) in [4.78, 5) is 2.60. The predicted octanol–water partition coefficient (Wildman–Crippen LogP) is 2.08. The van der Waals surface area contributed by atoms with Crippen molar-refractivity contribution in [1.82, 2.24) is 20.0 Å². The van der Waals surface area contributed by atoms with Gasteiger partial charge in [-0.3, -0.25) is 9.58 Å². The zero-order valence-corrected chi connectivity index (χ0v) is 12.9. The van der Waals surface area contributed by atoms with Crippen molar-refractivity contribution >= 4 is 0 Å². The summed E-state index contributed by atoms with van der Waals surface area (Å²) in [5.74, 6) is 0.903. The Kier molecular flexibility index (Phi) is 4.41. The lowest BCUT2D eigenvalue weighted by Gasteiger charge is -2.39. The number of aryl methyl sites for hydroxylation is 2. The van der Waals surface area contributed by atoms with Gasteiger partial charge in [0.15, 0.2) is 0 Å². The second-order valence-corrected chi connectivity index (χ2v) is 6.59. The fourth-order valence-corrected chi connectivity index (χ4v) is 3.88. The van der Waals surface area contributed by atoms with Gasteiger partial charge >= 0.3 is 0 Å². The lowest BCUT2D eigenvalue weighted by molar-refractivity contribution is 0.138. The zero-order chi connectivity index (χ0) is 13.9. The standard InChI is InChI=1S/C16H28N4/c1-13-10-15(19(2)18-13)11-20-9-8-17-16(12-20)14-6-4-3-5-7-14/h10,14,16-17H,3-9,11-12H2,1-2H3. The number of aromatic nitrogens is 2. The highest BCUT2D eigenvalue weighted by molar-refractivity contribution is 5.08. The fraction of sp³-hybridized carbons (Fsp3) is 0.812. The van der Waals surface area contributed by atoms with E-state index in [2.05, 4.69) is 35.4 Å². The molecule has 0 spiro atoms. The molecular weight excluding hydrogens is 248 g/mol. The molecule has 112 valence electrons. The second-order valence-electron chi connectivity index (χ2n) is 6.59. The average Bonchev–Trinajstić information content (AvgIpc) is 2.78. The molecule has 0 radical (unpaired) electrons. The van der Waals surface area contributed by atoms with Crippen LogP contribution in [0.3, 0.4) is 0 Å². The van der Waals surface area contributed by atoms with Crippen LogP contribution in [0.1, 0.15) is 43.5 Å².